The Morgan fingerprint density at radius 3 is 2.60 bits per heavy atom. The molecule has 2 aromatic rings. The lowest BCUT2D eigenvalue weighted by atomic mass is 10.2. The highest BCUT2D eigenvalue weighted by Gasteiger charge is 2.21. The second kappa shape index (κ2) is 8.59. The summed E-state index contributed by atoms with van der Waals surface area (Å²) in [5.74, 6) is -0.407. The van der Waals surface area contributed by atoms with Crippen molar-refractivity contribution >= 4 is 28.3 Å². The van der Waals surface area contributed by atoms with E-state index in [1.807, 2.05) is 13.8 Å². The number of rotatable bonds is 7. The quantitative estimate of drug-likeness (QED) is 0.760. The summed E-state index contributed by atoms with van der Waals surface area (Å²) in [5, 5.41) is 2.98. The van der Waals surface area contributed by atoms with Gasteiger partial charge in [-0.05, 0) is 26.0 Å². The number of nitrogens with one attached hydrogen (secondary N) is 1. The van der Waals surface area contributed by atoms with Crippen molar-refractivity contribution in [2.24, 2.45) is 0 Å². The summed E-state index contributed by atoms with van der Waals surface area (Å²) in [7, 11) is 2.79. The molecule has 0 aliphatic carbocycles. The van der Waals surface area contributed by atoms with Crippen molar-refractivity contribution in [2.75, 3.05) is 19.5 Å². The first-order valence-electron chi connectivity index (χ1n) is 7.60. The fraction of sp³-hybridized carbons (Fsp3) is 0.353. The molecule has 0 saturated carbocycles. The first kappa shape index (κ1) is 18.9. The van der Waals surface area contributed by atoms with Crippen LogP contribution in [0.25, 0.3) is 0 Å². The number of hydrogen-bond acceptors (Lipinski definition) is 7. The average molecular weight is 364 g/mol. The van der Waals surface area contributed by atoms with Gasteiger partial charge in [0, 0.05) is 7.11 Å². The average Bonchev–Trinajstić information content (AvgIpc) is 2.96. The zero-order valence-corrected chi connectivity index (χ0v) is 15.3. The number of hydrogen-bond donors (Lipinski definition) is 1. The van der Waals surface area contributed by atoms with Gasteiger partial charge in [0.05, 0.1) is 31.1 Å². The number of carbonyl (C=O) groups is 2. The Morgan fingerprint density at radius 2 is 1.96 bits per heavy atom. The van der Waals surface area contributed by atoms with Crippen molar-refractivity contribution in [1.82, 2.24) is 4.98 Å². The minimum Gasteiger partial charge on any atom is -0.490 e. The number of amides is 1. The molecule has 25 heavy (non-hydrogen) atoms. The van der Waals surface area contributed by atoms with Gasteiger partial charge in [-0.15, -0.1) is 0 Å². The largest absolute Gasteiger partial charge is 0.490 e. The maximum atomic E-state index is 12.6. The highest BCUT2D eigenvalue weighted by atomic mass is 32.1. The van der Waals surface area contributed by atoms with Gasteiger partial charge >= 0.3 is 5.97 Å². The number of nitrogens with zero attached hydrogens (tertiary/aromatic N) is 1. The van der Waals surface area contributed by atoms with E-state index in [1.165, 1.54) is 14.2 Å². The van der Waals surface area contributed by atoms with Gasteiger partial charge in [0.25, 0.3) is 5.91 Å². The number of methoxy groups -OCH3 is 2. The lowest BCUT2D eigenvalue weighted by molar-refractivity contribution is 0.0601. The Labute approximate surface area is 149 Å². The van der Waals surface area contributed by atoms with E-state index in [0.717, 1.165) is 11.3 Å². The number of ether oxygens (including phenoxy) is 3. The summed E-state index contributed by atoms with van der Waals surface area (Å²) in [4.78, 5) is 28.9. The summed E-state index contributed by atoms with van der Waals surface area (Å²) >= 11 is 1.04. The van der Waals surface area contributed by atoms with Gasteiger partial charge in [-0.1, -0.05) is 23.5 Å². The summed E-state index contributed by atoms with van der Waals surface area (Å²) in [6.07, 6.45) is -0.0620. The molecule has 1 aromatic carbocycles. The summed E-state index contributed by atoms with van der Waals surface area (Å²) in [6, 6.07) is 6.94. The number of esters is 1. The van der Waals surface area contributed by atoms with Crippen LogP contribution in [0.3, 0.4) is 0 Å². The fourth-order valence-corrected chi connectivity index (χ4v) is 2.95. The van der Waals surface area contributed by atoms with E-state index in [1.54, 1.807) is 24.3 Å². The lowest BCUT2D eigenvalue weighted by Gasteiger charge is -2.13. The molecule has 0 aliphatic heterocycles. The van der Waals surface area contributed by atoms with Gasteiger partial charge in [-0.2, -0.15) is 0 Å². The summed E-state index contributed by atoms with van der Waals surface area (Å²) in [5.41, 5.74) is 0.806. The van der Waals surface area contributed by atoms with E-state index in [9.17, 15) is 9.59 Å². The molecule has 7 nitrogen and oxygen atoms in total. The molecule has 0 radical (unpaired) electrons. The van der Waals surface area contributed by atoms with Crippen LogP contribution in [-0.2, 0) is 16.1 Å². The number of anilines is 1. The maximum absolute atomic E-state index is 12.6. The van der Waals surface area contributed by atoms with Crippen molar-refractivity contribution in [3.8, 4) is 5.75 Å². The van der Waals surface area contributed by atoms with E-state index in [4.69, 9.17) is 14.2 Å². The van der Waals surface area contributed by atoms with Crippen LogP contribution < -0.4 is 10.1 Å². The van der Waals surface area contributed by atoms with E-state index >= 15 is 0 Å². The molecule has 1 amide bonds. The highest BCUT2D eigenvalue weighted by molar-refractivity contribution is 7.17. The van der Waals surface area contributed by atoms with E-state index < -0.39 is 5.97 Å². The first-order valence-corrected chi connectivity index (χ1v) is 8.41. The summed E-state index contributed by atoms with van der Waals surface area (Å²) in [6.45, 7) is 3.91. The van der Waals surface area contributed by atoms with Crippen molar-refractivity contribution in [3.63, 3.8) is 0 Å². The van der Waals surface area contributed by atoms with Gasteiger partial charge in [-0.3, -0.25) is 10.1 Å². The van der Waals surface area contributed by atoms with Crippen LogP contribution in [0.15, 0.2) is 24.3 Å². The lowest BCUT2D eigenvalue weighted by Crippen LogP contribution is -2.15. The SMILES string of the molecule is COCc1nc(NC(=O)c2ccccc2OC(C)C)sc1C(=O)OC. The van der Waals surface area contributed by atoms with Gasteiger partial charge in [0.1, 0.15) is 10.6 Å². The number of para-hydroxylation sites is 1. The second-order valence-electron chi connectivity index (χ2n) is 5.34. The van der Waals surface area contributed by atoms with Crippen LogP contribution in [0, 0.1) is 0 Å². The minimum absolute atomic E-state index is 0.0620. The van der Waals surface area contributed by atoms with E-state index in [2.05, 4.69) is 10.3 Å². The van der Waals surface area contributed by atoms with Gasteiger partial charge in [-0.25, -0.2) is 9.78 Å². The molecule has 0 spiro atoms. The van der Waals surface area contributed by atoms with E-state index in [-0.39, 0.29) is 23.7 Å². The van der Waals surface area contributed by atoms with Crippen LogP contribution in [0.4, 0.5) is 5.13 Å². The van der Waals surface area contributed by atoms with Crippen LogP contribution in [0.1, 0.15) is 39.6 Å². The molecule has 0 unspecified atom stereocenters. The molecule has 2 rings (SSSR count). The number of aromatic nitrogens is 1. The Bertz CT molecular complexity index is 757. The highest BCUT2D eigenvalue weighted by Crippen LogP contribution is 2.26. The third-order valence-corrected chi connectivity index (χ3v) is 4.06. The Balaban J connectivity index is 2.25. The summed E-state index contributed by atoms with van der Waals surface area (Å²) < 4.78 is 15.4. The standard InChI is InChI=1S/C17H20N2O5S/c1-10(2)24-13-8-6-5-7-11(13)15(20)19-17-18-12(9-22-3)14(25-17)16(21)23-4/h5-8,10H,9H2,1-4H3,(H,18,19,20). The third-order valence-electron chi connectivity index (χ3n) is 3.06. The van der Waals surface area contributed by atoms with Crippen LogP contribution in [-0.4, -0.2) is 37.2 Å². The zero-order valence-electron chi connectivity index (χ0n) is 14.5. The van der Waals surface area contributed by atoms with Crippen molar-refractivity contribution in [2.45, 2.75) is 26.6 Å². The molecule has 0 saturated heterocycles. The van der Waals surface area contributed by atoms with E-state index in [0.29, 0.717) is 21.9 Å². The molecule has 0 atom stereocenters. The first-order chi connectivity index (χ1) is 12.0. The molecule has 0 aliphatic rings. The smallest absolute Gasteiger partial charge is 0.350 e. The number of carbonyl (C=O) groups excluding carboxylic acids is 2. The second-order valence-corrected chi connectivity index (χ2v) is 6.34. The molecule has 1 N–H and O–H groups in total. The molecular formula is C17H20N2O5S. The van der Waals surface area contributed by atoms with Crippen LogP contribution >= 0.6 is 11.3 Å². The minimum atomic E-state index is -0.520. The molecular weight excluding hydrogens is 344 g/mol. The normalized spacial score (nSPS) is 10.6. The molecule has 8 heteroatoms. The van der Waals surface area contributed by atoms with Gasteiger partial charge < -0.3 is 14.2 Å². The van der Waals surface area contributed by atoms with Crippen molar-refractivity contribution < 1.29 is 23.8 Å². The van der Waals surface area contributed by atoms with Crippen LogP contribution in [0.2, 0.25) is 0 Å². The van der Waals surface area contributed by atoms with Crippen molar-refractivity contribution in [3.05, 3.63) is 40.4 Å². The molecule has 134 valence electrons. The predicted molar refractivity (Wildman–Crippen MR) is 94.3 cm³/mol. The Hall–Kier alpha value is -2.45. The zero-order chi connectivity index (χ0) is 18.4. The topological polar surface area (TPSA) is 86.8 Å². The monoisotopic (exact) mass is 364 g/mol. The van der Waals surface area contributed by atoms with Crippen molar-refractivity contribution in [1.29, 1.82) is 0 Å². The third kappa shape index (κ3) is 4.77. The molecule has 0 fully saturated rings. The molecule has 1 heterocycles. The number of benzene rings is 1. The predicted octanol–water partition coefficient (Wildman–Crippen LogP) is 3.12. The number of thiazole rings is 1. The van der Waals surface area contributed by atoms with Gasteiger partial charge in [0.15, 0.2) is 5.13 Å². The van der Waals surface area contributed by atoms with Gasteiger partial charge in [0.2, 0.25) is 0 Å². The Morgan fingerprint density at radius 1 is 1.24 bits per heavy atom. The fourth-order valence-electron chi connectivity index (χ4n) is 2.07. The molecule has 0 bridgehead atoms. The Kier molecular flexibility index (Phi) is 6.49. The maximum Gasteiger partial charge on any atom is 0.350 e. The van der Waals surface area contributed by atoms with Crippen LogP contribution in [0.5, 0.6) is 5.75 Å². The molecule has 1 aromatic heterocycles.